The van der Waals surface area contributed by atoms with Crippen LogP contribution in [0.3, 0.4) is 0 Å². The molecule has 0 aliphatic carbocycles. The molecule has 16 heavy (non-hydrogen) atoms. The molecule has 1 heterocycles. The fourth-order valence-corrected chi connectivity index (χ4v) is 2.12. The second kappa shape index (κ2) is 6.69. The van der Waals surface area contributed by atoms with Crippen LogP contribution in [0.2, 0.25) is 0 Å². The predicted octanol–water partition coefficient (Wildman–Crippen LogP) is 2.90. The predicted molar refractivity (Wildman–Crippen MR) is 68.3 cm³/mol. The number of aryl methyl sites for hydroxylation is 1. The van der Waals surface area contributed by atoms with Gasteiger partial charge in [0.1, 0.15) is 0 Å². The fraction of sp³-hybridized carbons (Fsp3) is 0.769. The van der Waals surface area contributed by atoms with Gasteiger partial charge in [-0.2, -0.15) is 5.10 Å². The third-order valence-corrected chi connectivity index (χ3v) is 2.98. The van der Waals surface area contributed by atoms with Crippen LogP contribution in [0.25, 0.3) is 0 Å². The minimum Gasteiger partial charge on any atom is -0.308 e. The lowest BCUT2D eigenvalue weighted by molar-refractivity contribution is 0.355. The number of aromatic nitrogens is 2. The maximum Gasteiger partial charge on any atom is 0.0796 e. The van der Waals surface area contributed by atoms with E-state index in [0.29, 0.717) is 12.0 Å². The van der Waals surface area contributed by atoms with Crippen LogP contribution in [0, 0.1) is 5.92 Å². The molecule has 0 amide bonds. The summed E-state index contributed by atoms with van der Waals surface area (Å²) in [6.45, 7) is 7.82. The zero-order valence-electron chi connectivity index (χ0n) is 11.0. The van der Waals surface area contributed by atoms with Crippen LogP contribution in [0.1, 0.15) is 51.8 Å². The van der Waals surface area contributed by atoms with Crippen LogP contribution in [-0.2, 0) is 7.05 Å². The summed E-state index contributed by atoms with van der Waals surface area (Å²) < 4.78 is 1.88. The molecule has 0 bridgehead atoms. The first-order valence-corrected chi connectivity index (χ1v) is 6.42. The van der Waals surface area contributed by atoms with E-state index in [4.69, 9.17) is 0 Å². The maximum absolute atomic E-state index is 4.52. The lowest BCUT2D eigenvalue weighted by Gasteiger charge is -2.23. The summed E-state index contributed by atoms with van der Waals surface area (Å²) in [4.78, 5) is 0. The summed E-state index contributed by atoms with van der Waals surface area (Å²) in [6, 6.07) is 2.53. The van der Waals surface area contributed by atoms with Gasteiger partial charge in [0.2, 0.25) is 0 Å². The van der Waals surface area contributed by atoms with E-state index in [0.717, 1.165) is 6.54 Å². The number of hydrogen-bond donors (Lipinski definition) is 1. The summed E-state index contributed by atoms with van der Waals surface area (Å²) in [5.74, 6) is 0.645. The molecule has 92 valence electrons. The molecular formula is C13H25N3. The Morgan fingerprint density at radius 3 is 2.62 bits per heavy atom. The molecule has 0 aliphatic rings. The van der Waals surface area contributed by atoms with Crippen LogP contribution in [-0.4, -0.2) is 16.3 Å². The van der Waals surface area contributed by atoms with E-state index in [1.165, 1.54) is 25.0 Å². The second-order valence-corrected chi connectivity index (χ2v) is 4.61. The van der Waals surface area contributed by atoms with Gasteiger partial charge in [0, 0.05) is 13.2 Å². The summed E-state index contributed by atoms with van der Waals surface area (Å²) in [5.41, 5.74) is 1.18. The first-order chi connectivity index (χ1) is 7.69. The standard InChI is InChI=1S/C13H25N3/c1-5-7-11(3)13(14-9-6-2)12-8-10-16(4)15-12/h8,10-11,13-14H,5-7,9H2,1-4H3. The van der Waals surface area contributed by atoms with Crippen LogP contribution < -0.4 is 5.32 Å². The van der Waals surface area contributed by atoms with Gasteiger partial charge in [-0.3, -0.25) is 4.68 Å². The van der Waals surface area contributed by atoms with Crippen LogP contribution >= 0.6 is 0 Å². The largest absolute Gasteiger partial charge is 0.308 e. The first-order valence-electron chi connectivity index (χ1n) is 6.42. The SMILES string of the molecule is CCCNC(c1ccn(C)n1)C(C)CCC. The highest BCUT2D eigenvalue weighted by Gasteiger charge is 2.19. The van der Waals surface area contributed by atoms with Crippen molar-refractivity contribution in [3.8, 4) is 0 Å². The Labute approximate surface area is 99.2 Å². The van der Waals surface area contributed by atoms with E-state index in [1.54, 1.807) is 0 Å². The van der Waals surface area contributed by atoms with E-state index in [9.17, 15) is 0 Å². The second-order valence-electron chi connectivity index (χ2n) is 4.61. The van der Waals surface area contributed by atoms with Crippen LogP contribution in [0.5, 0.6) is 0 Å². The van der Waals surface area contributed by atoms with Crippen molar-refractivity contribution in [2.75, 3.05) is 6.54 Å². The van der Waals surface area contributed by atoms with Gasteiger partial charge in [-0.05, 0) is 31.4 Å². The fourth-order valence-electron chi connectivity index (χ4n) is 2.12. The van der Waals surface area contributed by atoms with Crippen molar-refractivity contribution in [1.82, 2.24) is 15.1 Å². The van der Waals surface area contributed by atoms with Crippen molar-refractivity contribution in [2.24, 2.45) is 13.0 Å². The Balaban J connectivity index is 2.69. The quantitative estimate of drug-likeness (QED) is 0.770. The number of nitrogens with one attached hydrogen (secondary N) is 1. The third-order valence-electron chi connectivity index (χ3n) is 2.98. The van der Waals surface area contributed by atoms with Gasteiger partial charge in [0.25, 0.3) is 0 Å². The number of rotatable bonds is 7. The van der Waals surface area contributed by atoms with Gasteiger partial charge in [0.05, 0.1) is 11.7 Å². The number of nitrogens with zero attached hydrogens (tertiary/aromatic N) is 2. The van der Waals surface area contributed by atoms with Gasteiger partial charge in [-0.25, -0.2) is 0 Å². The Morgan fingerprint density at radius 2 is 2.12 bits per heavy atom. The Morgan fingerprint density at radius 1 is 1.38 bits per heavy atom. The summed E-state index contributed by atoms with van der Waals surface area (Å²) in [5, 5.41) is 8.13. The third kappa shape index (κ3) is 3.63. The average molecular weight is 223 g/mol. The molecule has 1 aromatic heterocycles. The minimum absolute atomic E-state index is 0.404. The Bertz CT molecular complexity index is 293. The lowest BCUT2D eigenvalue weighted by atomic mass is 9.94. The normalized spacial score (nSPS) is 15.0. The van der Waals surface area contributed by atoms with Crippen molar-refractivity contribution < 1.29 is 0 Å². The van der Waals surface area contributed by atoms with Crippen molar-refractivity contribution in [3.63, 3.8) is 0 Å². The molecule has 0 aromatic carbocycles. The van der Waals surface area contributed by atoms with Crippen molar-refractivity contribution >= 4 is 0 Å². The summed E-state index contributed by atoms with van der Waals surface area (Å²) in [7, 11) is 1.98. The van der Waals surface area contributed by atoms with Gasteiger partial charge >= 0.3 is 0 Å². The topological polar surface area (TPSA) is 29.9 Å². The summed E-state index contributed by atoms with van der Waals surface area (Å²) in [6.07, 6.45) is 5.67. The molecule has 0 fully saturated rings. The van der Waals surface area contributed by atoms with E-state index in [2.05, 4.69) is 37.3 Å². The molecule has 3 nitrogen and oxygen atoms in total. The van der Waals surface area contributed by atoms with E-state index < -0.39 is 0 Å². The number of hydrogen-bond acceptors (Lipinski definition) is 2. The molecule has 0 saturated carbocycles. The zero-order chi connectivity index (χ0) is 12.0. The van der Waals surface area contributed by atoms with Gasteiger partial charge < -0.3 is 5.32 Å². The highest BCUT2D eigenvalue weighted by molar-refractivity contribution is 5.06. The van der Waals surface area contributed by atoms with Crippen LogP contribution in [0.4, 0.5) is 0 Å². The maximum atomic E-state index is 4.52. The van der Waals surface area contributed by atoms with Gasteiger partial charge in [-0.15, -0.1) is 0 Å². The molecule has 2 atom stereocenters. The van der Waals surface area contributed by atoms with E-state index >= 15 is 0 Å². The van der Waals surface area contributed by atoms with Crippen molar-refractivity contribution in [2.45, 2.75) is 46.1 Å². The molecule has 1 aromatic rings. The highest BCUT2D eigenvalue weighted by Crippen LogP contribution is 2.24. The molecule has 2 unspecified atom stereocenters. The van der Waals surface area contributed by atoms with Crippen molar-refractivity contribution in [1.29, 1.82) is 0 Å². The Hall–Kier alpha value is -0.830. The van der Waals surface area contributed by atoms with Gasteiger partial charge in [-0.1, -0.05) is 27.2 Å². The molecule has 3 heteroatoms. The molecular weight excluding hydrogens is 198 g/mol. The smallest absolute Gasteiger partial charge is 0.0796 e. The Kier molecular flexibility index (Phi) is 5.53. The molecule has 0 aliphatic heterocycles. The highest BCUT2D eigenvalue weighted by atomic mass is 15.3. The monoisotopic (exact) mass is 223 g/mol. The first kappa shape index (κ1) is 13.2. The zero-order valence-corrected chi connectivity index (χ0v) is 11.0. The van der Waals surface area contributed by atoms with Crippen LogP contribution in [0.15, 0.2) is 12.3 Å². The lowest BCUT2D eigenvalue weighted by Crippen LogP contribution is -2.28. The minimum atomic E-state index is 0.404. The molecule has 0 saturated heterocycles. The molecule has 0 spiro atoms. The molecule has 0 radical (unpaired) electrons. The van der Waals surface area contributed by atoms with Crippen molar-refractivity contribution in [3.05, 3.63) is 18.0 Å². The average Bonchev–Trinajstić information content (AvgIpc) is 2.66. The van der Waals surface area contributed by atoms with Gasteiger partial charge in [0.15, 0.2) is 0 Å². The van der Waals surface area contributed by atoms with E-state index in [1.807, 2.05) is 17.9 Å². The molecule has 1 rings (SSSR count). The molecule has 1 N–H and O–H groups in total. The summed E-state index contributed by atoms with van der Waals surface area (Å²) >= 11 is 0. The van der Waals surface area contributed by atoms with E-state index in [-0.39, 0.29) is 0 Å².